The average molecular weight is 253 g/mol. The molecule has 2 unspecified atom stereocenters. The van der Waals surface area contributed by atoms with E-state index < -0.39 is 0 Å². The van der Waals surface area contributed by atoms with Gasteiger partial charge in [-0.2, -0.15) is 0 Å². The Kier molecular flexibility index (Phi) is 6.36. The lowest BCUT2D eigenvalue weighted by Crippen LogP contribution is -2.46. The second-order valence-electron chi connectivity index (χ2n) is 4.99. The number of rotatable bonds is 8. The monoisotopic (exact) mass is 253 g/mol. The maximum absolute atomic E-state index is 5.91. The highest BCUT2D eigenvalue weighted by atomic mass is 16.5. The van der Waals surface area contributed by atoms with Crippen LogP contribution in [0.1, 0.15) is 33.5 Å². The van der Waals surface area contributed by atoms with Gasteiger partial charge < -0.3 is 14.6 Å². The molecule has 0 spiro atoms. The van der Waals surface area contributed by atoms with Gasteiger partial charge in [0.15, 0.2) is 0 Å². The maximum Gasteiger partial charge on any atom is 0.110 e. The molecule has 1 aromatic heterocycles. The molecule has 0 aliphatic rings. The quantitative estimate of drug-likeness (QED) is 0.770. The molecule has 104 valence electrons. The first-order chi connectivity index (χ1) is 8.60. The van der Waals surface area contributed by atoms with Gasteiger partial charge in [0.1, 0.15) is 5.82 Å². The highest BCUT2D eigenvalue weighted by Gasteiger charge is 2.25. The molecule has 0 radical (unpaired) electrons. The molecule has 1 N–H and O–H groups in total. The Bertz CT molecular complexity index is 336. The zero-order chi connectivity index (χ0) is 13.5. The van der Waals surface area contributed by atoms with Gasteiger partial charge in [0.2, 0.25) is 0 Å². The molecular weight excluding hydrogens is 226 g/mol. The summed E-state index contributed by atoms with van der Waals surface area (Å²) in [6.45, 7) is 10.3. The van der Waals surface area contributed by atoms with Crippen molar-refractivity contribution >= 4 is 0 Å². The van der Waals surface area contributed by atoms with E-state index in [9.17, 15) is 0 Å². The predicted octanol–water partition coefficient (Wildman–Crippen LogP) is 2.00. The van der Waals surface area contributed by atoms with Gasteiger partial charge in [0.25, 0.3) is 0 Å². The number of imidazole rings is 1. The highest BCUT2D eigenvalue weighted by Crippen LogP contribution is 2.15. The van der Waals surface area contributed by atoms with Crippen LogP contribution in [0.2, 0.25) is 0 Å². The molecule has 4 nitrogen and oxygen atoms in total. The van der Waals surface area contributed by atoms with Crippen LogP contribution in [-0.2, 0) is 18.2 Å². The molecule has 0 saturated carbocycles. The van der Waals surface area contributed by atoms with Gasteiger partial charge in [0, 0.05) is 38.5 Å². The minimum absolute atomic E-state index is 0.228. The first-order valence-electron chi connectivity index (χ1n) is 6.91. The molecule has 0 fully saturated rings. The number of aromatic nitrogens is 2. The van der Waals surface area contributed by atoms with E-state index >= 15 is 0 Å². The third kappa shape index (κ3) is 4.10. The Labute approximate surface area is 111 Å². The maximum atomic E-state index is 5.91. The smallest absolute Gasteiger partial charge is 0.110 e. The average Bonchev–Trinajstić information content (AvgIpc) is 2.71. The third-order valence-electron chi connectivity index (χ3n) is 3.20. The van der Waals surface area contributed by atoms with Crippen molar-refractivity contribution in [3.63, 3.8) is 0 Å². The molecular formula is C14H27N3O. The van der Waals surface area contributed by atoms with Crippen LogP contribution in [0.15, 0.2) is 12.4 Å². The van der Waals surface area contributed by atoms with Gasteiger partial charge in [-0.25, -0.2) is 4.98 Å². The summed E-state index contributed by atoms with van der Waals surface area (Å²) in [5.41, 5.74) is 0. The van der Waals surface area contributed by atoms with Crippen molar-refractivity contribution in [2.75, 3.05) is 13.2 Å². The number of nitrogens with one attached hydrogen (secondary N) is 1. The van der Waals surface area contributed by atoms with E-state index in [-0.39, 0.29) is 6.10 Å². The first-order valence-corrected chi connectivity index (χ1v) is 6.91. The Morgan fingerprint density at radius 3 is 2.56 bits per heavy atom. The topological polar surface area (TPSA) is 39.1 Å². The fraction of sp³-hybridized carbons (Fsp3) is 0.786. The van der Waals surface area contributed by atoms with Crippen molar-refractivity contribution in [3.05, 3.63) is 18.2 Å². The van der Waals surface area contributed by atoms with Crippen LogP contribution in [0, 0.1) is 5.92 Å². The van der Waals surface area contributed by atoms with Crippen molar-refractivity contribution < 1.29 is 4.74 Å². The molecule has 0 aliphatic heterocycles. The Morgan fingerprint density at radius 2 is 2.11 bits per heavy atom. The number of nitrogens with zero attached hydrogens (tertiary/aromatic N) is 2. The molecule has 18 heavy (non-hydrogen) atoms. The van der Waals surface area contributed by atoms with Crippen LogP contribution >= 0.6 is 0 Å². The predicted molar refractivity (Wildman–Crippen MR) is 74.6 cm³/mol. The summed E-state index contributed by atoms with van der Waals surface area (Å²) in [4.78, 5) is 4.41. The standard InChI is InChI=1S/C14H27N3O/c1-6-15-12(14(11(3)4)18-7-2)10-13-16-8-9-17(13)5/h8-9,11-12,14-15H,6-7,10H2,1-5H3. The zero-order valence-corrected chi connectivity index (χ0v) is 12.3. The Hall–Kier alpha value is -0.870. The first kappa shape index (κ1) is 15.2. The molecule has 1 heterocycles. The lowest BCUT2D eigenvalue weighted by molar-refractivity contribution is 0.00338. The third-order valence-corrected chi connectivity index (χ3v) is 3.20. The summed E-state index contributed by atoms with van der Waals surface area (Å²) in [5.74, 6) is 1.60. The number of ether oxygens (including phenoxy) is 1. The SMILES string of the molecule is CCNC(Cc1nccn1C)C(OCC)C(C)C. The Balaban J connectivity index is 2.76. The van der Waals surface area contributed by atoms with Crippen LogP contribution in [-0.4, -0.2) is 34.8 Å². The summed E-state index contributed by atoms with van der Waals surface area (Å²) < 4.78 is 7.98. The fourth-order valence-corrected chi connectivity index (χ4v) is 2.32. The minimum atomic E-state index is 0.228. The second-order valence-corrected chi connectivity index (χ2v) is 4.99. The van der Waals surface area contributed by atoms with E-state index in [0.717, 1.165) is 25.4 Å². The van der Waals surface area contributed by atoms with E-state index in [1.807, 2.05) is 19.4 Å². The number of hydrogen-bond donors (Lipinski definition) is 1. The van der Waals surface area contributed by atoms with Gasteiger partial charge in [-0.1, -0.05) is 20.8 Å². The summed E-state index contributed by atoms with van der Waals surface area (Å²) in [5, 5.41) is 3.54. The fourth-order valence-electron chi connectivity index (χ4n) is 2.32. The number of hydrogen-bond acceptors (Lipinski definition) is 3. The summed E-state index contributed by atoms with van der Waals surface area (Å²) in [6, 6.07) is 0.316. The Morgan fingerprint density at radius 1 is 1.39 bits per heavy atom. The van der Waals surface area contributed by atoms with Crippen LogP contribution < -0.4 is 5.32 Å². The van der Waals surface area contributed by atoms with Gasteiger partial charge in [-0.3, -0.25) is 0 Å². The second kappa shape index (κ2) is 7.54. The van der Waals surface area contributed by atoms with E-state index in [2.05, 4.69) is 42.6 Å². The normalized spacial score (nSPS) is 15.0. The highest BCUT2D eigenvalue weighted by molar-refractivity contribution is 4.97. The molecule has 0 amide bonds. The van der Waals surface area contributed by atoms with E-state index in [4.69, 9.17) is 4.74 Å². The van der Waals surface area contributed by atoms with Crippen LogP contribution in [0.5, 0.6) is 0 Å². The molecule has 4 heteroatoms. The molecule has 1 rings (SSSR count). The van der Waals surface area contributed by atoms with Crippen LogP contribution in [0.4, 0.5) is 0 Å². The van der Waals surface area contributed by atoms with Crippen LogP contribution in [0.25, 0.3) is 0 Å². The van der Waals surface area contributed by atoms with Crippen molar-refractivity contribution in [2.45, 2.75) is 46.3 Å². The van der Waals surface area contributed by atoms with E-state index in [0.29, 0.717) is 12.0 Å². The summed E-state index contributed by atoms with van der Waals surface area (Å²) in [7, 11) is 2.04. The van der Waals surface area contributed by atoms with Crippen molar-refractivity contribution in [1.29, 1.82) is 0 Å². The van der Waals surface area contributed by atoms with Crippen molar-refractivity contribution in [1.82, 2.24) is 14.9 Å². The largest absolute Gasteiger partial charge is 0.377 e. The zero-order valence-electron chi connectivity index (χ0n) is 12.3. The van der Waals surface area contributed by atoms with E-state index in [1.54, 1.807) is 0 Å². The van der Waals surface area contributed by atoms with Crippen molar-refractivity contribution in [3.8, 4) is 0 Å². The van der Waals surface area contributed by atoms with Gasteiger partial charge >= 0.3 is 0 Å². The van der Waals surface area contributed by atoms with Crippen LogP contribution in [0.3, 0.4) is 0 Å². The number of likely N-dealkylation sites (N-methyl/N-ethyl adjacent to an activating group) is 1. The molecule has 0 aliphatic carbocycles. The molecule has 0 saturated heterocycles. The van der Waals surface area contributed by atoms with Gasteiger partial charge in [0.05, 0.1) is 6.10 Å². The molecule has 1 aromatic rings. The molecule has 2 atom stereocenters. The lowest BCUT2D eigenvalue weighted by Gasteiger charge is -2.30. The van der Waals surface area contributed by atoms with Gasteiger partial charge in [-0.15, -0.1) is 0 Å². The van der Waals surface area contributed by atoms with Gasteiger partial charge in [-0.05, 0) is 19.4 Å². The number of aryl methyl sites for hydroxylation is 1. The lowest BCUT2D eigenvalue weighted by atomic mass is 9.96. The molecule has 0 aromatic carbocycles. The summed E-state index contributed by atoms with van der Waals surface area (Å²) in [6.07, 6.45) is 4.97. The summed E-state index contributed by atoms with van der Waals surface area (Å²) >= 11 is 0. The van der Waals surface area contributed by atoms with E-state index in [1.165, 1.54) is 0 Å². The van der Waals surface area contributed by atoms with Crippen molar-refractivity contribution in [2.24, 2.45) is 13.0 Å². The molecule has 0 bridgehead atoms. The minimum Gasteiger partial charge on any atom is -0.377 e.